The van der Waals surface area contributed by atoms with Gasteiger partial charge in [-0.3, -0.25) is 4.84 Å². The summed E-state index contributed by atoms with van der Waals surface area (Å²) in [5.41, 5.74) is 2.84. The molecule has 2 fully saturated rings. The van der Waals surface area contributed by atoms with Crippen molar-refractivity contribution in [3.63, 3.8) is 0 Å². The van der Waals surface area contributed by atoms with E-state index in [4.69, 9.17) is 4.84 Å². The first kappa shape index (κ1) is 9.69. The standard InChI is InChI=1S/C10H10BrFN2O/c1-10(5-4-7(5)15-14-10)9-6(12)2-3-8(11)13-9/h2-3,5,7,14H,4H2,1H3. The van der Waals surface area contributed by atoms with Gasteiger partial charge in [0.05, 0.1) is 17.3 Å². The number of nitrogens with one attached hydrogen (secondary N) is 1. The van der Waals surface area contributed by atoms with Gasteiger partial charge in [-0.2, -0.15) is 5.48 Å². The van der Waals surface area contributed by atoms with Crippen LogP contribution in [-0.2, 0) is 10.4 Å². The topological polar surface area (TPSA) is 34.2 Å². The molecule has 0 aromatic carbocycles. The van der Waals surface area contributed by atoms with Gasteiger partial charge in [0.25, 0.3) is 0 Å². The second kappa shape index (κ2) is 2.99. The molecule has 3 unspecified atom stereocenters. The average Bonchev–Trinajstić information content (AvgIpc) is 2.92. The number of aromatic nitrogens is 1. The smallest absolute Gasteiger partial charge is 0.146 e. The van der Waals surface area contributed by atoms with Crippen molar-refractivity contribution in [2.24, 2.45) is 5.92 Å². The highest BCUT2D eigenvalue weighted by Crippen LogP contribution is 2.52. The molecule has 1 aromatic rings. The third kappa shape index (κ3) is 1.33. The van der Waals surface area contributed by atoms with Gasteiger partial charge in [0.2, 0.25) is 0 Å². The van der Waals surface area contributed by atoms with Gasteiger partial charge in [0.15, 0.2) is 0 Å². The van der Waals surface area contributed by atoms with Crippen LogP contribution in [0.5, 0.6) is 0 Å². The van der Waals surface area contributed by atoms with E-state index in [9.17, 15) is 4.39 Å². The summed E-state index contributed by atoms with van der Waals surface area (Å²) < 4.78 is 14.3. The lowest BCUT2D eigenvalue weighted by Crippen LogP contribution is -2.38. The van der Waals surface area contributed by atoms with Crippen molar-refractivity contribution in [1.29, 1.82) is 0 Å². The first-order chi connectivity index (χ1) is 7.11. The van der Waals surface area contributed by atoms with Crippen LogP contribution in [0.4, 0.5) is 4.39 Å². The predicted molar refractivity (Wildman–Crippen MR) is 55.4 cm³/mol. The minimum Gasteiger partial charge on any atom is -0.297 e. The number of hydrogen-bond donors (Lipinski definition) is 1. The zero-order chi connectivity index (χ0) is 10.6. The summed E-state index contributed by atoms with van der Waals surface area (Å²) in [5.74, 6) is 0.0538. The molecule has 0 radical (unpaired) electrons. The third-order valence-electron chi connectivity index (χ3n) is 3.20. The number of fused-ring (bicyclic) bond motifs is 1. The fourth-order valence-corrected chi connectivity index (χ4v) is 2.50. The molecule has 5 heteroatoms. The van der Waals surface area contributed by atoms with Gasteiger partial charge in [-0.05, 0) is 41.4 Å². The highest BCUT2D eigenvalue weighted by molar-refractivity contribution is 9.10. The predicted octanol–water partition coefficient (Wildman–Crippen LogP) is 2.12. The van der Waals surface area contributed by atoms with E-state index in [1.807, 2.05) is 6.92 Å². The molecule has 1 aliphatic heterocycles. The molecule has 1 aliphatic carbocycles. The van der Waals surface area contributed by atoms with Crippen molar-refractivity contribution in [2.75, 3.05) is 0 Å². The summed E-state index contributed by atoms with van der Waals surface area (Å²) in [6.45, 7) is 1.93. The van der Waals surface area contributed by atoms with Crippen LogP contribution in [0.1, 0.15) is 19.0 Å². The Morgan fingerprint density at radius 1 is 1.67 bits per heavy atom. The lowest BCUT2D eigenvalue weighted by Gasteiger charge is -2.25. The summed E-state index contributed by atoms with van der Waals surface area (Å²) in [5, 5.41) is 0. The number of pyridine rings is 1. The van der Waals surface area contributed by atoms with E-state index < -0.39 is 5.54 Å². The Balaban J connectivity index is 2.08. The largest absolute Gasteiger partial charge is 0.297 e. The Morgan fingerprint density at radius 2 is 2.47 bits per heavy atom. The number of hydrogen-bond acceptors (Lipinski definition) is 3. The summed E-state index contributed by atoms with van der Waals surface area (Å²) in [6, 6.07) is 3.03. The lowest BCUT2D eigenvalue weighted by molar-refractivity contribution is 0.0199. The molecule has 0 bridgehead atoms. The number of nitrogens with zero attached hydrogens (tertiary/aromatic N) is 1. The van der Waals surface area contributed by atoms with Crippen LogP contribution in [0, 0.1) is 11.7 Å². The number of rotatable bonds is 1. The molecular weight excluding hydrogens is 263 g/mol. The van der Waals surface area contributed by atoms with Crippen LogP contribution in [0.3, 0.4) is 0 Å². The maximum Gasteiger partial charge on any atom is 0.146 e. The van der Waals surface area contributed by atoms with Crippen molar-refractivity contribution in [1.82, 2.24) is 10.5 Å². The second-order valence-electron chi connectivity index (χ2n) is 4.27. The van der Waals surface area contributed by atoms with E-state index in [2.05, 4.69) is 26.4 Å². The van der Waals surface area contributed by atoms with Gasteiger partial charge < -0.3 is 0 Å². The molecular formula is C10H10BrFN2O. The lowest BCUT2D eigenvalue weighted by atomic mass is 9.92. The van der Waals surface area contributed by atoms with Gasteiger partial charge in [0.1, 0.15) is 10.4 Å². The van der Waals surface area contributed by atoms with Crippen LogP contribution in [0.25, 0.3) is 0 Å². The first-order valence-corrected chi connectivity index (χ1v) is 5.66. The molecule has 1 aromatic heterocycles. The van der Waals surface area contributed by atoms with Crippen LogP contribution >= 0.6 is 15.9 Å². The van der Waals surface area contributed by atoms with E-state index in [0.717, 1.165) is 6.42 Å². The van der Waals surface area contributed by atoms with Gasteiger partial charge in [0, 0.05) is 5.92 Å². The molecule has 1 saturated heterocycles. The highest BCUT2D eigenvalue weighted by atomic mass is 79.9. The Morgan fingerprint density at radius 3 is 3.07 bits per heavy atom. The van der Waals surface area contributed by atoms with E-state index in [-0.39, 0.29) is 11.9 Å². The molecule has 3 rings (SSSR count). The Labute approximate surface area is 95.1 Å². The summed E-state index contributed by atoms with van der Waals surface area (Å²) in [7, 11) is 0. The number of halogens is 2. The maximum atomic E-state index is 13.7. The minimum atomic E-state index is -0.488. The van der Waals surface area contributed by atoms with Gasteiger partial charge in [-0.1, -0.05) is 0 Å². The van der Waals surface area contributed by atoms with Crippen molar-refractivity contribution in [3.8, 4) is 0 Å². The van der Waals surface area contributed by atoms with E-state index in [1.54, 1.807) is 6.07 Å². The average molecular weight is 273 g/mol. The molecule has 80 valence electrons. The summed E-state index contributed by atoms with van der Waals surface area (Å²) in [4.78, 5) is 9.52. The zero-order valence-corrected chi connectivity index (χ0v) is 9.71. The highest BCUT2D eigenvalue weighted by Gasteiger charge is 2.59. The normalized spacial score (nSPS) is 37.8. The quantitative estimate of drug-likeness (QED) is 0.796. The molecule has 0 amide bonds. The minimum absolute atomic E-state index is 0.232. The molecule has 1 saturated carbocycles. The Bertz CT molecular complexity index is 428. The van der Waals surface area contributed by atoms with Crippen LogP contribution in [0.2, 0.25) is 0 Å². The molecule has 3 nitrogen and oxygen atoms in total. The van der Waals surface area contributed by atoms with Crippen molar-refractivity contribution < 1.29 is 9.23 Å². The van der Waals surface area contributed by atoms with Crippen LogP contribution < -0.4 is 5.48 Å². The Kier molecular flexibility index (Phi) is 1.93. The number of hydroxylamine groups is 1. The third-order valence-corrected chi connectivity index (χ3v) is 3.64. The molecule has 15 heavy (non-hydrogen) atoms. The molecule has 3 atom stereocenters. The fraction of sp³-hybridized carbons (Fsp3) is 0.500. The first-order valence-electron chi connectivity index (χ1n) is 4.86. The van der Waals surface area contributed by atoms with E-state index >= 15 is 0 Å². The fourth-order valence-electron chi connectivity index (χ4n) is 2.19. The summed E-state index contributed by atoms with van der Waals surface area (Å²) >= 11 is 3.25. The molecule has 2 heterocycles. The zero-order valence-electron chi connectivity index (χ0n) is 8.13. The van der Waals surface area contributed by atoms with Crippen molar-refractivity contribution in [3.05, 3.63) is 28.2 Å². The van der Waals surface area contributed by atoms with Crippen molar-refractivity contribution in [2.45, 2.75) is 25.0 Å². The van der Waals surface area contributed by atoms with Gasteiger partial charge in [-0.15, -0.1) is 0 Å². The van der Waals surface area contributed by atoms with E-state index in [0.29, 0.717) is 16.2 Å². The Hall–Kier alpha value is -0.520. The van der Waals surface area contributed by atoms with Gasteiger partial charge in [-0.25, -0.2) is 9.37 Å². The van der Waals surface area contributed by atoms with Gasteiger partial charge >= 0.3 is 0 Å². The maximum absolute atomic E-state index is 13.7. The second-order valence-corrected chi connectivity index (χ2v) is 5.08. The van der Waals surface area contributed by atoms with Crippen LogP contribution in [-0.4, -0.2) is 11.1 Å². The molecule has 2 aliphatic rings. The monoisotopic (exact) mass is 272 g/mol. The van der Waals surface area contributed by atoms with E-state index in [1.165, 1.54) is 6.07 Å². The van der Waals surface area contributed by atoms with Crippen molar-refractivity contribution >= 4 is 15.9 Å². The summed E-state index contributed by atoms with van der Waals surface area (Å²) in [6.07, 6.45) is 1.21. The van der Waals surface area contributed by atoms with Crippen LogP contribution in [0.15, 0.2) is 16.7 Å². The SMILES string of the molecule is CC1(c2nc(Br)ccc2F)NOC2CC21. The molecule has 1 N–H and O–H groups in total. The molecule has 0 spiro atoms.